The second-order valence-corrected chi connectivity index (χ2v) is 3.92. The van der Waals surface area contributed by atoms with Crippen LogP contribution >= 0.6 is 0 Å². The summed E-state index contributed by atoms with van der Waals surface area (Å²) in [5.74, 6) is 0.929. The van der Waals surface area contributed by atoms with E-state index in [1.165, 1.54) is 5.70 Å². The molecule has 0 radical (unpaired) electrons. The van der Waals surface area contributed by atoms with Gasteiger partial charge in [-0.2, -0.15) is 0 Å². The van der Waals surface area contributed by atoms with E-state index in [0.717, 1.165) is 37.8 Å². The average Bonchev–Trinajstić information content (AvgIpc) is 2.04. The van der Waals surface area contributed by atoms with Gasteiger partial charge in [0, 0.05) is 24.2 Å². The molecule has 0 saturated heterocycles. The minimum Gasteiger partial charge on any atom is -0.388 e. The van der Waals surface area contributed by atoms with E-state index >= 15 is 0 Å². The van der Waals surface area contributed by atoms with Crippen LogP contribution in [0.25, 0.3) is 0 Å². The summed E-state index contributed by atoms with van der Waals surface area (Å²) in [7, 11) is 0. The van der Waals surface area contributed by atoms with E-state index in [-0.39, 0.29) is 0 Å². The van der Waals surface area contributed by atoms with Gasteiger partial charge in [-0.1, -0.05) is 6.92 Å². The number of hydrogen-bond acceptors (Lipinski definition) is 2. The molecule has 1 unspecified atom stereocenters. The number of rotatable bonds is 0. The molecule has 1 atom stereocenters. The maximum absolute atomic E-state index is 11.5. The zero-order valence-corrected chi connectivity index (χ0v) is 7.52. The van der Waals surface area contributed by atoms with Crippen molar-refractivity contribution in [2.45, 2.75) is 32.6 Å². The Balaban J connectivity index is 2.26. The lowest BCUT2D eigenvalue weighted by molar-refractivity contribution is -0.117. The van der Waals surface area contributed by atoms with Crippen LogP contribution in [-0.4, -0.2) is 12.3 Å². The van der Waals surface area contributed by atoms with Crippen molar-refractivity contribution in [3.05, 3.63) is 11.3 Å². The Morgan fingerprint density at radius 2 is 2.25 bits per heavy atom. The smallest absolute Gasteiger partial charge is 0.160 e. The summed E-state index contributed by atoms with van der Waals surface area (Å²) in [5, 5.41) is 3.34. The normalized spacial score (nSPS) is 29.8. The Hall–Kier alpha value is -0.790. The summed E-state index contributed by atoms with van der Waals surface area (Å²) < 4.78 is 0. The van der Waals surface area contributed by atoms with Crippen molar-refractivity contribution in [2.75, 3.05) is 6.54 Å². The summed E-state index contributed by atoms with van der Waals surface area (Å²) in [5.41, 5.74) is 2.34. The number of carbonyl (C=O) groups excluding carboxylic acids is 1. The summed E-state index contributed by atoms with van der Waals surface area (Å²) in [6.45, 7) is 3.21. The number of hydrogen-bond donors (Lipinski definition) is 1. The van der Waals surface area contributed by atoms with Gasteiger partial charge in [-0.3, -0.25) is 4.79 Å². The maximum Gasteiger partial charge on any atom is 0.160 e. The van der Waals surface area contributed by atoms with E-state index in [9.17, 15) is 4.79 Å². The lowest BCUT2D eigenvalue weighted by Gasteiger charge is -2.28. The number of allylic oxidation sites excluding steroid dienone is 2. The molecule has 0 aromatic heterocycles. The van der Waals surface area contributed by atoms with Gasteiger partial charge in [0.2, 0.25) is 0 Å². The molecule has 0 amide bonds. The minimum absolute atomic E-state index is 0.385. The fourth-order valence-electron chi connectivity index (χ4n) is 2.13. The zero-order chi connectivity index (χ0) is 8.55. The van der Waals surface area contributed by atoms with Crippen molar-refractivity contribution in [2.24, 2.45) is 5.92 Å². The van der Waals surface area contributed by atoms with Gasteiger partial charge >= 0.3 is 0 Å². The Bertz CT molecular complexity index is 242. The van der Waals surface area contributed by atoms with Crippen molar-refractivity contribution in [3.8, 4) is 0 Å². The van der Waals surface area contributed by atoms with Gasteiger partial charge in [-0.05, 0) is 25.2 Å². The number of Topliss-reactive ketones (excluding diaryl/α,β-unsaturated/α-hetero) is 1. The van der Waals surface area contributed by atoms with Crippen LogP contribution in [0.1, 0.15) is 32.6 Å². The molecule has 2 rings (SSSR count). The topological polar surface area (TPSA) is 29.1 Å². The standard InChI is InChI=1S/C10H15NO/c1-7-5-9-8(10(12)6-7)3-2-4-11-9/h7,11H,2-6H2,1H3. The van der Waals surface area contributed by atoms with Crippen molar-refractivity contribution in [3.63, 3.8) is 0 Å². The molecular weight excluding hydrogens is 150 g/mol. The van der Waals surface area contributed by atoms with Gasteiger partial charge in [-0.25, -0.2) is 0 Å². The Morgan fingerprint density at radius 1 is 1.42 bits per heavy atom. The number of ketones is 1. The quantitative estimate of drug-likeness (QED) is 0.591. The summed E-state index contributed by atoms with van der Waals surface area (Å²) in [6.07, 6.45) is 3.98. The second-order valence-electron chi connectivity index (χ2n) is 3.92. The first-order valence-corrected chi connectivity index (χ1v) is 4.76. The molecule has 0 saturated carbocycles. The molecule has 0 aromatic rings. The predicted molar refractivity (Wildman–Crippen MR) is 47.7 cm³/mol. The van der Waals surface area contributed by atoms with Crippen molar-refractivity contribution in [1.82, 2.24) is 5.32 Å². The van der Waals surface area contributed by atoms with Crippen LogP contribution in [0, 0.1) is 5.92 Å². The fourth-order valence-corrected chi connectivity index (χ4v) is 2.13. The van der Waals surface area contributed by atoms with E-state index in [4.69, 9.17) is 0 Å². The van der Waals surface area contributed by atoms with Crippen molar-refractivity contribution >= 4 is 5.78 Å². The lowest BCUT2D eigenvalue weighted by atomic mass is 9.84. The maximum atomic E-state index is 11.5. The predicted octanol–water partition coefficient (Wildman–Crippen LogP) is 1.62. The highest BCUT2D eigenvalue weighted by molar-refractivity contribution is 5.97. The molecule has 0 aromatic carbocycles. The van der Waals surface area contributed by atoms with E-state index in [1.54, 1.807) is 0 Å². The van der Waals surface area contributed by atoms with Crippen LogP contribution in [0.4, 0.5) is 0 Å². The third-order valence-corrected chi connectivity index (χ3v) is 2.73. The van der Waals surface area contributed by atoms with Crippen LogP contribution < -0.4 is 5.32 Å². The first-order valence-electron chi connectivity index (χ1n) is 4.76. The van der Waals surface area contributed by atoms with E-state index < -0.39 is 0 Å². The largest absolute Gasteiger partial charge is 0.388 e. The molecule has 66 valence electrons. The highest BCUT2D eigenvalue weighted by Crippen LogP contribution is 2.29. The molecule has 0 bridgehead atoms. The third-order valence-electron chi connectivity index (χ3n) is 2.73. The van der Waals surface area contributed by atoms with E-state index in [0.29, 0.717) is 11.7 Å². The molecule has 1 aliphatic carbocycles. The Kier molecular flexibility index (Phi) is 1.91. The minimum atomic E-state index is 0.385. The van der Waals surface area contributed by atoms with E-state index in [1.807, 2.05) is 0 Å². The first-order chi connectivity index (χ1) is 5.77. The summed E-state index contributed by atoms with van der Waals surface area (Å²) >= 11 is 0. The molecule has 2 heteroatoms. The second kappa shape index (κ2) is 2.92. The van der Waals surface area contributed by atoms with Crippen LogP contribution in [0.3, 0.4) is 0 Å². The van der Waals surface area contributed by atoms with Crippen LogP contribution in [0.2, 0.25) is 0 Å². The van der Waals surface area contributed by atoms with Gasteiger partial charge in [0.1, 0.15) is 0 Å². The van der Waals surface area contributed by atoms with E-state index in [2.05, 4.69) is 12.2 Å². The molecule has 1 heterocycles. The van der Waals surface area contributed by atoms with Crippen LogP contribution in [0.15, 0.2) is 11.3 Å². The average molecular weight is 165 g/mol. The van der Waals surface area contributed by atoms with Crippen molar-refractivity contribution in [1.29, 1.82) is 0 Å². The van der Waals surface area contributed by atoms with Gasteiger partial charge < -0.3 is 5.32 Å². The summed E-state index contributed by atoms with van der Waals surface area (Å²) in [4.78, 5) is 11.5. The molecule has 1 N–H and O–H groups in total. The van der Waals surface area contributed by atoms with Crippen LogP contribution in [-0.2, 0) is 4.79 Å². The highest BCUT2D eigenvalue weighted by Gasteiger charge is 2.26. The molecule has 0 spiro atoms. The lowest BCUT2D eigenvalue weighted by Crippen LogP contribution is -2.30. The zero-order valence-electron chi connectivity index (χ0n) is 7.52. The van der Waals surface area contributed by atoms with Gasteiger partial charge in [-0.15, -0.1) is 0 Å². The molecule has 12 heavy (non-hydrogen) atoms. The fraction of sp³-hybridized carbons (Fsp3) is 0.700. The highest BCUT2D eigenvalue weighted by atomic mass is 16.1. The summed E-state index contributed by atoms with van der Waals surface area (Å²) in [6, 6.07) is 0. The van der Waals surface area contributed by atoms with Gasteiger partial charge in [0.15, 0.2) is 5.78 Å². The molecule has 2 aliphatic rings. The van der Waals surface area contributed by atoms with Gasteiger partial charge in [0.05, 0.1) is 0 Å². The molecule has 2 nitrogen and oxygen atoms in total. The molecule has 1 aliphatic heterocycles. The Labute approximate surface area is 73.0 Å². The first kappa shape index (κ1) is 7.84. The monoisotopic (exact) mass is 165 g/mol. The van der Waals surface area contributed by atoms with Crippen LogP contribution in [0.5, 0.6) is 0 Å². The van der Waals surface area contributed by atoms with Gasteiger partial charge in [0.25, 0.3) is 0 Å². The third kappa shape index (κ3) is 1.26. The van der Waals surface area contributed by atoms with Crippen molar-refractivity contribution < 1.29 is 4.79 Å². The SMILES string of the molecule is CC1CC(=O)C2=C(C1)NCCC2. The molecule has 0 fully saturated rings. The number of nitrogens with one attached hydrogen (secondary N) is 1. The Morgan fingerprint density at radius 3 is 3.08 bits per heavy atom. The molecular formula is C10H15NO. The number of carbonyl (C=O) groups is 1.